The molecular weight excluding hydrogens is 417 g/mol. The van der Waals surface area contributed by atoms with E-state index in [9.17, 15) is 15.0 Å². The fourth-order valence-corrected chi connectivity index (χ4v) is 4.57. The van der Waals surface area contributed by atoms with Crippen LogP contribution in [0.25, 0.3) is 0 Å². The van der Waals surface area contributed by atoms with E-state index in [0.29, 0.717) is 6.42 Å². The highest BCUT2D eigenvalue weighted by Gasteiger charge is 2.44. The van der Waals surface area contributed by atoms with Crippen LogP contribution in [0.15, 0.2) is 24.3 Å². The molecule has 4 nitrogen and oxygen atoms in total. The Labute approximate surface area is 158 Å². The number of halogens is 1. The van der Waals surface area contributed by atoms with Gasteiger partial charge in [0.15, 0.2) is 5.72 Å². The lowest BCUT2D eigenvalue weighted by Crippen LogP contribution is -2.55. The summed E-state index contributed by atoms with van der Waals surface area (Å²) in [5, 5.41) is 21.5. The lowest BCUT2D eigenvalue weighted by molar-refractivity contribution is -0.129. The summed E-state index contributed by atoms with van der Waals surface area (Å²) in [6, 6.07) is 7.50. The van der Waals surface area contributed by atoms with Crippen LogP contribution >= 0.6 is 22.6 Å². The van der Waals surface area contributed by atoms with Crippen molar-refractivity contribution in [3.8, 4) is 0 Å². The Morgan fingerprint density at radius 3 is 2.50 bits per heavy atom. The van der Waals surface area contributed by atoms with Gasteiger partial charge in [-0.25, -0.2) is 4.79 Å². The Morgan fingerprint density at radius 1 is 1.25 bits per heavy atom. The summed E-state index contributed by atoms with van der Waals surface area (Å²) in [6.07, 6.45) is 7.18. The number of aliphatic hydroxyl groups is 1. The Hall–Kier alpha value is -0.820. The molecule has 0 unspecified atom stereocenters. The van der Waals surface area contributed by atoms with Gasteiger partial charge in [0.05, 0.1) is 0 Å². The first-order chi connectivity index (χ1) is 11.5. The van der Waals surface area contributed by atoms with Crippen LogP contribution in [-0.4, -0.2) is 27.2 Å². The predicted octanol–water partition coefficient (Wildman–Crippen LogP) is 5.33. The molecule has 1 fully saturated rings. The van der Waals surface area contributed by atoms with Crippen LogP contribution < -0.4 is 0 Å². The zero-order valence-electron chi connectivity index (χ0n) is 14.4. The predicted molar refractivity (Wildman–Crippen MR) is 104 cm³/mol. The normalized spacial score (nSPS) is 18.1. The highest BCUT2D eigenvalue weighted by Crippen LogP contribution is 2.39. The van der Waals surface area contributed by atoms with Gasteiger partial charge >= 0.3 is 6.09 Å². The van der Waals surface area contributed by atoms with Crippen LogP contribution in [0, 0.1) is 3.57 Å². The van der Waals surface area contributed by atoms with E-state index in [4.69, 9.17) is 0 Å². The van der Waals surface area contributed by atoms with Crippen molar-refractivity contribution in [2.45, 2.75) is 76.5 Å². The van der Waals surface area contributed by atoms with Gasteiger partial charge in [-0.2, -0.15) is 0 Å². The Morgan fingerprint density at radius 2 is 1.92 bits per heavy atom. The molecule has 1 saturated carbocycles. The summed E-state index contributed by atoms with van der Waals surface area (Å²) in [5.74, 6) is 0. The average Bonchev–Trinajstić information content (AvgIpc) is 2.56. The van der Waals surface area contributed by atoms with Crippen LogP contribution in [0.5, 0.6) is 0 Å². The van der Waals surface area contributed by atoms with Crippen molar-refractivity contribution >= 4 is 28.7 Å². The standard InChI is InChI=1S/C19H28INO3/c1-2-3-9-14-19(24,16-12-7-8-13-17(16)20)21(18(22)23)15-10-5-4-6-11-15/h7-8,12-13,15,24H,2-6,9-11,14H2,1H3,(H,22,23)/t19-/m0/s1. The van der Waals surface area contributed by atoms with E-state index in [-0.39, 0.29) is 6.04 Å². The fourth-order valence-electron chi connectivity index (χ4n) is 3.75. The molecule has 0 heterocycles. The summed E-state index contributed by atoms with van der Waals surface area (Å²) < 4.78 is 0.913. The Balaban J connectivity index is 2.41. The van der Waals surface area contributed by atoms with Crippen molar-refractivity contribution < 1.29 is 15.0 Å². The van der Waals surface area contributed by atoms with Gasteiger partial charge in [0, 0.05) is 15.2 Å². The van der Waals surface area contributed by atoms with Crippen molar-refractivity contribution in [1.82, 2.24) is 4.90 Å². The molecule has 1 amide bonds. The topological polar surface area (TPSA) is 60.8 Å². The number of hydrogen-bond acceptors (Lipinski definition) is 2. The molecule has 24 heavy (non-hydrogen) atoms. The maximum atomic E-state index is 12.1. The van der Waals surface area contributed by atoms with Crippen LogP contribution in [0.4, 0.5) is 4.79 Å². The highest BCUT2D eigenvalue weighted by atomic mass is 127. The molecule has 5 heteroatoms. The lowest BCUT2D eigenvalue weighted by atomic mass is 9.88. The zero-order valence-corrected chi connectivity index (χ0v) is 16.5. The molecule has 0 aromatic heterocycles. The zero-order chi connectivity index (χ0) is 17.6. The molecule has 2 rings (SSSR count). The van der Waals surface area contributed by atoms with E-state index in [2.05, 4.69) is 29.5 Å². The maximum absolute atomic E-state index is 12.1. The molecule has 0 saturated heterocycles. The Kier molecular flexibility index (Phi) is 7.34. The molecule has 0 spiro atoms. The van der Waals surface area contributed by atoms with E-state index < -0.39 is 11.8 Å². The molecule has 0 radical (unpaired) electrons. The third-order valence-corrected chi connectivity index (χ3v) is 5.92. The largest absolute Gasteiger partial charge is 0.465 e. The van der Waals surface area contributed by atoms with E-state index in [1.807, 2.05) is 24.3 Å². The molecule has 1 atom stereocenters. The molecule has 1 aromatic carbocycles. The summed E-state index contributed by atoms with van der Waals surface area (Å²) in [7, 11) is 0. The first-order valence-electron chi connectivity index (χ1n) is 9.00. The smallest absolute Gasteiger partial charge is 0.410 e. The first-order valence-corrected chi connectivity index (χ1v) is 10.1. The Bertz CT molecular complexity index is 545. The van der Waals surface area contributed by atoms with Gasteiger partial charge in [-0.05, 0) is 54.3 Å². The molecule has 2 N–H and O–H groups in total. The SMILES string of the molecule is CCCCC[C@](O)(c1ccccc1I)N(C(=O)O)C1CCCCC1. The second-order valence-corrected chi connectivity index (χ2v) is 7.86. The molecule has 0 bridgehead atoms. The number of carboxylic acid groups (broad SMARTS) is 1. The van der Waals surface area contributed by atoms with Crippen LogP contribution in [0.1, 0.15) is 70.3 Å². The van der Waals surface area contributed by atoms with Crippen molar-refractivity contribution in [3.63, 3.8) is 0 Å². The second-order valence-electron chi connectivity index (χ2n) is 6.70. The number of unbranched alkanes of at least 4 members (excludes halogenated alkanes) is 2. The van der Waals surface area contributed by atoms with Crippen molar-refractivity contribution in [1.29, 1.82) is 0 Å². The maximum Gasteiger partial charge on any atom is 0.410 e. The van der Waals surface area contributed by atoms with E-state index in [1.165, 1.54) is 4.90 Å². The van der Waals surface area contributed by atoms with Crippen LogP contribution in [0.3, 0.4) is 0 Å². The molecule has 1 aliphatic rings. The number of nitrogens with zero attached hydrogens (tertiary/aromatic N) is 1. The van der Waals surface area contributed by atoms with Crippen molar-refractivity contribution in [3.05, 3.63) is 33.4 Å². The van der Waals surface area contributed by atoms with Gasteiger partial charge in [-0.3, -0.25) is 4.90 Å². The minimum absolute atomic E-state index is 0.0983. The molecule has 1 aliphatic carbocycles. The van der Waals surface area contributed by atoms with E-state index in [0.717, 1.165) is 60.5 Å². The monoisotopic (exact) mass is 445 g/mol. The van der Waals surface area contributed by atoms with Gasteiger partial charge in [-0.15, -0.1) is 0 Å². The number of hydrogen-bond donors (Lipinski definition) is 2. The van der Waals surface area contributed by atoms with Crippen molar-refractivity contribution in [2.75, 3.05) is 0 Å². The first kappa shape index (κ1) is 19.5. The fraction of sp³-hybridized carbons (Fsp3) is 0.632. The summed E-state index contributed by atoms with van der Waals surface area (Å²) in [6.45, 7) is 2.11. The van der Waals surface area contributed by atoms with Gasteiger partial charge in [-0.1, -0.05) is 57.2 Å². The van der Waals surface area contributed by atoms with Gasteiger partial charge in [0.25, 0.3) is 0 Å². The van der Waals surface area contributed by atoms with Gasteiger partial charge < -0.3 is 10.2 Å². The number of benzene rings is 1. The van der Waals surface area contributed by atoms with E-state index in [1.54, 1.807) is 0 Å². The molecular formula is C19H28INO3. The highest BCUT2D eigenvalue weighted by molar-refractivity contribution is 14.1. The summed E-state index contributed by atoms with van der Waals surface area (Å²) >= 11 is 2.19. The number of amides is 1. The third kappa shape index (κ3) is 4.42. The van der Waals surface area contributed by atoms with Gasteiger partial charge in [0.1, 0.15) is 0 Å². The molecule has 0 aliphatic heterocycles. The summed E-state index contributed by atoms with van der Waals surface area (Å²) in [4.78, 5) is 13.5. The third-order valence-electron chi connectivity index (χ3n) is 4.98. The second kappa shape index (κ2) is 9.04. The quantitative estimate of drug-likeness (QED) is 0.339. The number of carbonyl (C=O) groups is 1. The average molecular weight is 445 g/mol. The van der Waals surface area contributed by atoms with Crippen LogP contribution in [0.2, 0.25) is 0 Å². The van der Waals surface area contributed by atoms with Gasteiger partial charge in [0.2, 0.25) is 0 Å². The minimum Gasteiger partial charge on any atom is -0.465 e. The van der Waals surface area contributed by atoms with E-state index >= 15 is 0 Å². The lowest BCUT2D eigenvalue weighted by Gasteiger charge is -2.44. The number of rotatable bonds is 7. The van der Waals surface area contributed by atoms with Crippen LogP contribution in [-0.2, 0) is 5.72 Å². The molecule has 1 aromatic rings. The molecule has 134 valence electrons. The van der Waals surface area contributed by atoms with Crippen molar-refractivity contribution in [2.24, 2.45) is 0 Å². The minimum atomic E-state index is -1.44. The summed E-state index contributed by atoms with van der Waals surface area (Å²) in [5.41, 5.74) is -0.726.